The number of fused-ring (bicyclic) bond motifs is 1. The zero-order chi connectivity index (χ0) is 18.7. The molecular formula is C19H17N3O4. The number of aryl methyl sites for hydroxylation is 1. The first-order chi connectivity index (χ1) is 12.5. The van der Waals surface area contributed by atoms with Gasteiger partial charge in [-0.05, 0) is 35.9 Å². The monoisotopic (exact) mass is 351 g/mol. The normalized spacial score (nSPS) is 10.5. The van der Waals surface area contributed by atoms with Crippen LogP contribution < -0.4 is 10.9 Å². The third-order valence-electron chi connectivity index (χ3n) is 3.86. The summed E-state index contributed by atoms with van der Waals surface area (Å²) in [4.78, 5) is 36.3. The van der Waals surface area contributed by atoms with Gasteiger partial charge < -0.3 is 10.1 Å². The fourth-order valence-corrected chi connectivity index (χ4v) is 2.61. The molecule has 0 aliphatic heterocycles. The first-order valence-electron chi connectivity index (χ1n) is 7.93. The summed E-state index contributed by atoms with van der Waals surface area (Å²) in [6.07, 6.45) is 0. The fourth-order valence-electron chi connectivity index (χ4n) is 2.61. The Kier molecular flexibility index (Phi) is 4.79. The molecule has 0 radical (unpaired) electrons. The molecule has 0 aliphatic rings. The lowest BCUT2D eigenvalue weighted by Gasteiger charge is -2.12. The number of hydrogen-bond donors (Lipinski definition) is 1. The van der Waals surface area contributed by atoms with Gasteiger partial charge in [0.25, 0.3) is 5.56 Å². The number of carbonyl (C=O) groups is 2. The van der Waals surface area contributed by atoms with Crippen molar-refractivity contribution in [2.45, 2.75) is 13.5 Å². The van der Waals surface area contributed by atoms with Crippen molar-refractivity contribution in [2.75, 3.05) is 12.4 Å². The second kappa shape index (κ2) is 7.18. The van der Waals surface area contributed by atoms with Gasteiger partial charge >= 0.3 is 5.97 Å². The van der Waals surface area contributed by atoms with Gasteiger partial charge in [-0.2, -0.15) is 5.10 Å². The Bertz CT molecular complexity index is 1060. The Morgan fingerprint density at radius 3 is 2.50 bits per heavy atom. The third kappa shape index (κ3) is 3.61. The summed E-state index contributed by atoms with van der Waals surface area (Å²) in [7, 11) is 1.28. The number of ether oxygens (including phenoxy) is 1. The molecule has 1 heterocycles. The molecule has 0 spiro atoms. The number of aromatic nitrogens is 2. The molecule has 7 nitrogen and oxygen atoms in total. The van der Waals surface area contributed by atoms with E-state index in [4.69, 9.17) is 4.74 Å². The summed E-state index contributed by atoms with van der Waals surface area (Å²) in [6.45, 7) is 1.47. The maximum Gasteiger partial charge on any atom is 0.339 e. The molecule has 7 heteroatoms. The predicted molar refractivity (Wildman–Crippen MR) is 97.2 cm³/mol. The van der Waals surface area contributed by atoms with Crippen LogP contribution in [0.5, 0.6) is 0 Å². The molecule has 1 amide bonds. The van der Waals surface area contributed by atoms with Gasteiger partial charge in [0.05, 0.1) is 24.1 Å². The SMILES string of the molecule is COC(=O)c1cc2ccccc2cc1NC(=O)Cn1nc(C)ccc1=O. The summed E-state index contributed by atoms with van der Waals surface area (Å²) in [5.74, 6) is -1.03. The van der Waals surface area contributed by atoms with Crippen molar-refractivity contribution < 1.29 is 14.3 Å². The maximum absolute atomic E-state index is 12.4. The zero-order valence-corrected chi connectivity index (χ0v) is 14.4. The van der Waals surface area contributed by atoms with Crippen LogP contribution >= 0.6 is 0 Å². The average Bonchev–Trinajstić information content (AvgIpc) is 2.63. The van der Waals surface area contributed by atoms with Crippen LogP contribution in [0.2, 0.25) is 0 Å². The van der Waals surface area contributed by atoms with Crippen LogP contribution in [-0.2, 0) is 16.1 Å². The zero-order valence-electron chi connectivity index (χ0n) is 14.4. The highest BCUT2D eigenvalue weighted by atomic mass is 16.5. The van der Waals surface area contributed by atoms with Gasteiger partial charge in [-0.15, -0.1) is 0 Å². The number of benzene rings is 2. The lowest BCUT2D eigenvalue weighted by atomic mass is 10.0. The number of amides is 1. The molecule has 0 atom stereocenters. The molecule has 2 aromatic carbocycles. The molecule has 1 aromatic heterocycles. The summed E-state index contributed by atoms with van der Waals surface area (Å²) in [6, 6.07) is 13.8. The minimum absolute atomic E-state index is 0.240. The first-order valence-corrected chi connectivity index (χ1v) is 7.93. The molecule has 3 aromatic rings. The Morgan fingerprint density at radius 1 is 1.12 bits per heavy atom. The van der Waals surface area contributed by atoms with Crippen molar-refractivity contribution >= 4 is 28.3 Å². The van der Waals surface area contributed by atoms with Crippen LogP contribution in [0.1, 0.15) is 16.1 Å². The van der Waals surface area contributed by atoms with Gasteiger partial charge in [-0.3, -0.25) is 9.59 Å². The van der Waals surface area contributed by atoms with E-state index in [9.17, 15) is 14.4 Å². The van der Waals surface area contributed by atoms with E-state index < -0.39 is 11.9 Å². The molecule has 26 heavy (non-hydrogen) atoms. The molecule has 0 aliphatic carbocycles. The number of nitrogens with one attached hydrogen (secondary N) is 1. The van der Waals surface area contributed by atoms with Gasteiger partial charge in [0.1, 0.15) is 6.54 Å². The molecule has 0 saturated carbocycles. The van der Waals surface area contributed by atoms with Gasteiger partial charge in [-0.25, -0.2) is 9.48 Å². The number of esters is 1. The largest absolute Gasteiger partial charge is 0.465 e. The van der Waals surface area contributed by atoms with E-state index in [1.54, 1.807) is 25.1 Å². The van der Waals surface area contributed by atoms with E-state index in [0.717, 1.165) is 15.5 Å². The van der Waals surface area contributed by atoms with Gasteiger partial charge in [0, 0.05) is 6.07 Å². The second-order valence-electron chi connectivity index (χ2n) is 5.76. The van der Waals surface area contributed by atoms with E-state index in [-0.39, 0.29) is 17.7 Å². The predicted octanol–water partition coefficient (Wildman–Crippen LogP) is 2.13. The van der Waals surface area contributed by atoms with E-state index in [2.05, 4.69) is 10.4 Å². The molecule has 132 valence electrons. The Morgan fingerprint density at radius 2 is 1.81 bits per heavy atom. The third-order valence-corrected chi connectivity index (χ3v) is 3.86. The topological polar surface area (TPSA) is 90.3 Å². The van der Waals surface area contributed by atoms with Gasteiger partial charge in [0.15, 0.2) is 0 Å². The first kappa shape index (κ1) is 17.3. The van der Waals surface area contributed by atoms with Crippen LogP contribution in [0.4, 0.5) is 5.69 Å². The van der Waals surface area contributed by atoms with Gasteiger partial charge in [-0.1, -0.05) is 24.3 Å². The fraction of sp³-hybridized carbons (Fsp3) is 0.158. The minimum atomic E-state index is -0.558. The number of carbonyl (C=O) groups excluding carboxylic acids is 2. The molecule has 3 rings (SSSR count). The Balaban J connectivity index is 1.93. The molecule has 0 unspecified atom stereocenters. The van der Waals surface area contributed by atoms with Crippen LogP contribution in [0.25, 0.3) is 10.8 Å². The van der Waals surface area contributed by atoms with Crippen LogP contribution in [0, 0.1) is 6.92 Å². The molecule has 0 bridgehead atoms. The van der Waals surface area contributed by atoms with Crippen molar-refractivity contribution in [2.24, 2.45) is 0 Å². The highest BCUT2D eigenvalue weighted by Crippen LogP contribution is 2.25. The number of methoxy groups -OCH3 is 1. The summed E-state index contributed by atoms with van der Waals surface area (Å²) in [5.41, 5.74) is 0.807. The standard InChI is InChI=1S/C19H17N3O4/c1-12-7-8-18(24)22(21-12)11-17(23)20-16-10-14-6-4-3-5-13(14)9-15(16)19(25)26-2/h3-10H,11H2,1-2H3,(H,20,23). The van der Waals surface area contributed by atoms with E-state index >= 15 is 0 Å². The minimum Gasteiger partial charge on any atom is -0.465 e. The van der Waals surface area contributed by atoms with Crippen LogP contribution in [0.3, 0.4) is 0 Å². The maximum atomic E-state index is 12.4. The van der Waals surface area contributed by atoms with Crippen molar-refractivity contribution in [1.29, 1.82) is 0 Å². The summed E-state index contributed by atoms with van der Waals surface area (Å²) in [5, 5.41) is 8.42. The molecule has 1 N–H and O–H groups in total. The lowest BCUT2D eigenvalue weighted by Crippen LogP contribution is -2.29. The average molecular weight is 351 g/mol. The molecule has 0 fully saturated rings. The summed E-state index contributed by atoms with van der Waals surface area (Å²) >= 11 is 0. The van der Waals surface area contributed by atoms with Crippen molar-refractivity contribution in [3.63, 3.8) is 0 Å². The number of hydrogen-bond acceptors (Lipinski definition) is 5. The van der Waals surface area contributed by atoms with Crippen LogP contribution in [0.15, 0.2) is 53.3 Å². The Labute approximate surface area is 149 Å². The van der Waals surface area contributed by atoms with E-state index in [0.29, 0.717) is 11.4 Å². The molecule has 0 saturated heterocycles. The number of anilines is 1. The number of rotatable bonds is 4. The lowest BCUT2D eigenvalue weighted by molar-refractivity contribution is -0.117. The van der Waals surface area contributed by atoms with Crippen LogP contribution in [-0.4, -0.2) is 28.8 Å². The van der Waals surface area contributed by atoms with E-state index in [1.807, 2.05) is 24.3 Å². The smallest absolute Gasteiger partial charge is 0.339 e. The number of nitrogens with zero attached hydrogens (tertiary/aromatic N) is 2. The van der Waals surface area contributed by atoms with Crippen molar-refractivity contribution in [1.82, 2.24) is 9.78 Å². The highest BCUT2D eigenvalue weighted by Gasteiger charge is 2.16. The quantitative estimate of drug-likeness (QED) is 0.727. The van der Waals surface area contributed by atoms with Crippen molar-refractivity contribution in [3.05, 3.63) is 70.1 Å². The molecular weight excluding hydrogens is 334 g/mol. The summed E-state index contributed by atoms with van der Waals surface area (Å²) < 4.78 is 5.88. The van der Waals surface area contributed by atoms with E-state index in [1.165, 1.54) is 13.2 Å². The van der Waals surface area contributed by atoms with Crippen molar-refractivity contribution in [3.8, 4) is 0 Å². The Hall–Kier alpha value is -3.48. The second-order valence-corrected chi connectivity index (χ2v) is 5.76. The highest BCUT2D eigenvalue weighted by molar-refractivity contribution is 6.05. The van der Waals surface area contributed by atoms with Gasteiger partial charge in [0.2, 0.25) is 5.91 Å².